The lowest BCUT2D eigenvalue weighted by atomic mass is 10.1. The third kappa shape index (κ3) is 5.32. The van der Waals surface area contributed by atoms with Gasteiger partial charge in [-0.05, 0) is 55.1 Å². The molecule has 0 spiro atoms. The fraction of sp³-hybridized carbons (Fsp3) is 0.316. The summed E-state index contributed by atoms with van der Waals surface area (Å²) >= 11 is 0. The van der Waals surface area contributed by atoms with Crippen LogP contribution in [0.1, 0.15) is 35.3 Å². The Kier molecular flexibility index (Phi) is 6.20. The molecule has 0 saturated carbocycles. The van der Waals surface area contributed by atoms with E-state index in [4.69, 9.17) is 0 Å². The highest BCUT2D eigenvalue weighted by molar-refractivity contribution is 6.04. The third-order valence-corrected chi connectivity index (χ3v) is 3.96. The van der Waals surface area contributed by atoms with Crippen LogP contribution in [0.3, 0.4) is 0 Å². The molecular weight excluding hydrogens is 329 g/mol. The fourth-order valence-electron chi connectivity index (χ4n) is 2.47. The molecule has 0 aliphatic heterocycles. The van der Waals surface area contributed by atoms with Crippen LogP contribution in [0.5, 0.6) is 0 Å². The molecule has 0 saturated heterocycles. The number of anilines is 1. The van der Waals surface area contributed by atoms with Crippen LogP contribution >= 0.6 is 0 Å². The zero-order valence-electron chi connectivity index (χ0n) is 14.2. The molecular formula is C19H21F3N2O. The number of nitrogens with one attached hydrogen (secondary N) is 1. The van der Waals surface area contributed by atoms with Crippen LogP contribution in [0, 0.1) is 0 Å². The first-order valence-electron chi connectivity index (χ1n) is 8.13. The quantitative estimate of drug-likeness (QED) is 0.812. The minimum atomic E-state index is -4.41. The summed E-state index contributed by atoms with van der Waals surface area (Å²) in [6.45, 7) is 6.80. The Morgan fingerprint density at radius 3 is 2.24 bits per heavy atom. The van der Waals surface area contributed by atoms with Gasteiger partial charge in [-0.3, -0.25) is 9.69 Å². The minimum Gasteiger partial charge on any atom is -0.322 e. The molecule has 2 aromatic rings. The minimum absolute atomic E-state index is 0.183. The first-order valence-corrected chi connectivity index (χ1v) is 8.13. The number of benzene rings is 2. The molecule has 0 radical (unpaired) electrons. The van der Waals surface area contributed by atoms with Gasteiger partial charge in [0.15, 0.2) is 0 Å². The van der Waals surface area contributed by atoms with Gasteiger partial charge in [0.1, 0.15) is 0 Å². The van der Waals surface area contributed by atoms with Gasteiger partial charge in [-0.15, -0.1) is 0 Å². The van der Waals surface area contributed by atoms with Crippen molar-refractivity contribution in [3.8, 4) is 0 Å². The van der Waals surface area contributed by atoms with Crippen LogP contribution in [0.2, 0.25) is 0 Å². The second kappa shape index (κ2) is 8.16. The molecule has 1 N–H and O–H groups in total. The number of carbonyl (C=O) groups excluding carboxylic acids is 1. The van der Waals surface area contributed by atoms with E-state index in [9.17, 15) is 18.0 Å². The van der Waals surface area contributed by atoms with Crippen LogP contribution < -0.4 is 5.32 Å². The molecule has 0 unspecified atom stereocenters. The Balaban J connectivity index is 2.07. The Morgan fingerprint density at radius 1 is 1.04 bits per heavy atom. The molecule has 0 aliphatic rings. The molecule has 1 amide bonds. The molecule has 25 heavy (non-hydrogen) atoms. The molecule has 2 rings (SSSR count). The average molecular weight is 350 g/mol. The smallest absolute Gasteiger partial charge is 0.322 e. The maximum atomic E-state index is 12.6. The lowest BCUT2D eigenvalue weighted by molar-refractivity contribution is -0.137. The van der Waals surface area contributed by atoms with Crippen molar-refractivity contribution >= 4 is 11.6 Å². The van der Waals surface area contributed by atoms with Crippen LogP contribution in [0.15, 0.2) is 48.5 Å². The van der Waals surface area contributed by atoms with Crippen molar-refractivity contribution in [2.24, 2.45) is 0 Å². The number of alkyl halides is 3. The Labute approximate surface area is 145 Å². The normalized spacial score (nSPS) is 11.6. The van der Waals surface area contributed by atoms with Gasteiger partial charge in [0.2, 0.25) is 0 Å². The number of carbonyl (C=O) groups is 1. The zero-order chi connectivity index (χ0) is 18.4. The summed E-state index contributed by atoms with van der Waals surface area (Å²) in [6.07, 6.45) is -4.41. The average Bonchev–Trinajstić information content (AvgIpc) is 2.59. The highest BCUT2D eigenvalue weighted by atomic mass is 19.4. The maximum Gasteiger partial charge on any atom is 0.416 e. The summed E-state index contributed by atoms with van der Waals surface area (Å²) in [4.78, 5) is 14.5. The largest absolute Gasteiger partial charge is 0.416 e. The predicted octanol–water partition coefficient (Wildman–Crippen LogP) is 4.80. The molecule has 6 heteroatoms. The van der Waals surface area contributed by atoms with Crippen molar-refractivity contribution in [3.63, 3.8) is 0 Å². The highest BCUT2D eigenvalue weighted by Crippen LogP contribution is 2.29. The van der Waals surface area contributed by atoms with E-state index in [1.165, 1.54) is 12.1 Å². The molecule has 0 aromatic heterocycles. The first-order chi connectivity index (χ1) is 11.8. The summed E-state index contributed by atoms with van der Waals surface area (Å²) in [6, 6.07) is 11.6. The number of halogens is 3. The second-order valence-electron chi connectivity index (χ2n) is 5.69. The Hall–Kier alpha value is -2.34. The Bertz CT molecular complexity index is 707. The van der Waals surface area contributed by atoms with E-state index in [0.717, 1.165) is 37.3 Å². The number of nitrogens with zero attached hydrogens (tertiary/aromatic N) is 1. The summed E-state index contributed by atoms with van der Waals surface area (Å²) in [5.41, 5.74) is 1.09. The highest BCUT2D eigenvalue weighted by Gasteiger charge is 2.30. The molecule has 2 aromatic carbocycles. The van der Waals surface area contributed by atoms with Crippen LogP contribution in [-0.4, -0.2) is 23.9 Å². The van der Waals surface area contributed by atoms with Crippen LogP contribution in [0.25, 0.3) is 0 Å². The zero-order valence-corrected chi connectivity index (χ0v) is 14.2. The molecule has 0 aliphatic carbocycles. The van der Waals surface area contributed by atoms with Crippen LogP contribution in [0.4, 0.5) is 18.9 Å². The first kappa shape index (κ1) is 19.0. The predicted molar refractivity (Wildman–Crippen MR) is 92.5 cm³/mol. The van der Waals surface area contributed by atoms with E-state index < -0.39 is 17.6 Å². The summed E-state index contributed by atoms with van der Waals surface area (Å²) in [5, 5.41) is 2.73. The second-order valence-corrected chi connectivity index (χ2v) is 5.69. The van der Waals surface area contributed by atoms with Gasteiger partial charge < -0.3 is 5.32 Å². The molecule has 0 bridgehead atoms. The van der Waals surface area contributed by atoms with E-state index >= 15 is 0 Å². The van der Waals surface area contributed by atoms with Crippen molar-refractivity contribution < 1.29 is 18.0 Å². The van der Waals surface area contributed by atoms with Crippen molar-refractivity contribution in [2.75, 3.05) is 18.4 Å². The van der Waals surface area contributed by atoms with Crippen LogP contribution in [-0.2, 0) is 12.7 Å². The topological polar surface area (TPSA) is 32.3 Å². The molecule has 0 heterocycles. The lowest BCUT2D eigenvalue weighted by Crippen LogP contribution is -2.22. The number of amides is 1. The Morgan fingerprint density at radius 2 is 1.68 bits per heavy atom. The molecule has 3 nitrogen and oxygen atoms in total. The number of rotatable bonds is 6. The van der Waals surface area contributed by atoms with Gasteiger partial charge in [-0.25, -0.2) is 0 Å². The van der Waals surface area contributed by atoms with E-state index in [1.807, 2.05) is 18.2 Å². The standard InChI is InChI=1S/C19H21F3N2O/c1-3-24(4-2)13-14-6-5-7-17(12-14)23-18(25)15-8-10-16(11-9-15)19(20,21)22/h5-12H,3-4,13H2,1-2H3,(H,23,25). The summed E-state index contributed by atoms with van der Waals surface area (Å²) in [5.74, 6) is -0.436. The van der Waals surface area contributed by atoms with Crippen molar-refractivity contribution in [2.45, 2.75) is 26.6 Å². The van der Waals surface area contributed by atoms with E-state index in [0.29, 0.717) is 5.69 Å². The van der Waals surface area contributed by atoms with Gasteiger partial charge in [-0.1, -0.05) is 26.0 Å². The summed E-state index contributed by atoms with van der Waals surface area (Å²) in [7, 11) is 0. The van der Waals surface area contributed by atoms with Gasteiger partial charge in [0.05, 0.1) is 5.56 Å². The third-order valence-electron chi connectivity index (χ3n) is 3.96. The van der Waals surface area contributed by atoms with Gasteiger partial charge in [0, 0.05) is 17.8 Å². The van der Waals surface area contributed by atoms with E-state index in [2.05, 4.69) is 24.1 Å². The van der Waals surface area contributed by atoms with Gasteiger partial charge >= 0.3 is 6.18 Å². The van der Waals surface area contributed by atoms with Crippen molar-refractivity contribution in [3.05, 3.63) is 65.2 Å². The van der Waals surface area contributed by atoms with E-state index in [-0.39, 0.29) is 5.56 Å². The van der Waals surface area contributed by atoms with E-state index in [1.54, 1.807) is 6.07 Å². The maximum absolute atomic E-state index is 12.6. The molecule has 0 fully saturated rings. The molecule has 0 atom stereocenters. The van der Waals surface area contributed by atoms with Crippen molar-refractivity contribution in [1.82, 2.24) is 4.90 Å². The summed E-state index contributed by atoms with van der Waals surface area (Å²) < 4.78 is 37.7. The molecule has 134 valence electrons. The monoisotopic (exact) mass is 350 g/mol. The fourth-order valence-corrected chi connectivity index (χ4v) is 2.47. The SMILES string of the molecule is CCN(CC)Cc1cccc(NC(=O)c2ccc(C(F)(F)F)cc2)c1. The number of hydrogen-bond donors (Lipinski definition) is 1. The van der Waals surface area contributed by atoms with Gasteiger partial charge in [-0.2, -0.15) is 13.2 Å². The van der Waals surface area contributed by atoms with Gasteiger partial charge in [0.25, 0.3) is 5.91 Å². The number of hydrogen-bond acceptors (Lipinski definition) is 2. The van der Waals surface area contributed by atoms with Crippen molar-refractivity contribution in [1.29, 1.82) is 0 Å². The lowest BCUT2D eigenvalue weighted by Gasteiger charge is -2.18.